The van der Waals surface area contributed by atoms with E-state index in [4.69, 9.17) is 16.6 Å². The summed E-state index contributed by atoms with van der Waals surface area (Å²) in [6.07, 6.45) is 1.76. The van der Waals surface area contributed by atoms with E-state index in [9.17, 15) is 9.18 Å². The highest BCUT2D eigenvalue weighted by molar-refractivity contribution is 7.80. The van der Waals surface area contributed by atoms with Gasteiger partial charge in [0.15, 0.2) is 5.11 Å². The molecule has 0 saturated heterocycles. The molecule has 5 nitrogen and oxygen atoms in total. The zero-order chi connectivity index (χ0) is 18.7. The number of carbonyl (C=O) groups excluding carboxylic acids is 1. The molecule has 3 aromatic rings. The van der Waals surface area contributed by atoms with Crippen molar-refractivity contribution in [2.75, 3.05) is 5.32 Å². The molecule has 26 heavy (non-hydrogen) atoms. The normalized spacial score (nSPS) is 10.6. The fourth-order valence-corrected chi connectivity index (χ4v) is 2.73. The average Bonchev–Trinajstić information content (AvgIpc) is 3.02. The van der Waals surface area contributed by atoms with Crippen molar-refractivity contribution >= 4 is 39.9 Å². The van der Waals surface area contributed by atoms with Crippen LogP contribution in [0.15, 0.2) is 47.1 Å². The number of thiocarbonyl (C=S) groups is 1. The number of benzene rings is 2. The lowest BCUT2D eigenvalue weighted by Crippen LogP contribution is -2.44. The van der Waals surface area contributed by atoms with E-state index in [-0.39, 0.29) is 23.3 Å². The molecule has 0 unspecified atom stereocenters. The Morgan fingerprint density at radius 1 is 1.12 bits per heavy atom. The van der Waals surface area contributed by atoms with E-state index in [0.717, 1.165) is 27.7 Å². The van der Waals surface area contributed by atoms with Gasteiger partial charge in [-0.15, -0.1) is 0 Å². The zero-order valence-corrected chi connectivity index (χ0v) is 15.2. The van der Waals surface area contributed by atoms with Gasteiger partial charge in [-0.2, -0.15) is 0 Å². The fraction of sp³-hybridized carbons (Fsp3) is 0.158. The first-order valence-corrected chi connectivity index (χ1v) is 8.42. The van der Waals surface area contributed by atoms with Crippen LogP contribution in [0.4, 0.5) is 10.1 Å². The van der Waals surface area contributed by atoms with Crippen LogP contribution in [0.3, 0.4) is 0 Å². The molecular formula is C19H18FN3O2S. The van der Waals surface area contributed by atoms with Gasteiger partial charge in [0.2, 0.25) is 5.91 Å². The van der Waals surface area contributed by atoms with Gasteiger partial charge < -0.3 is 9.73 Å². The Balaban J connectivity index is 1.57. The summed E-state index contributed by atoms with van der Waals surface area (Å²) in [5, 5.41) is 3.98. The van der Waals surface area contributed by atoms with Crippen LogP contribution < -0.4 is 16.2 Å². The van der Waals surface area contributed by atoms with Gasteiger partial charge in [-0.05, 0) is 61.5 Å². The molecule has 1 heterocycles. The second-order valence-electron chi connectivity index (χ2n) is 5.96. The highest BCUT2D eigenvalue weighted by atomic mass is 32.1. The standard InChI is InChI=1S/C19H18FN3O2S/c1-11-3-8-16-13(10-25-18(16)12(11)2)9-17(24)22-23-19(26)21-15-6-4-14(20)5-7-15/h3-8,10H,9H2,1-2H3,(H,22,24)(H2,21,23,26). The molecule has 134 valence electrons. The molecule has 0 aliphatic rings. The molecule has 3 N–H and O–H groups in total. The van der Waals surface area contributed by atoms with Gasteiger partial charge >= 0.3 is 0 Å². The van der Waals surface area contributed by atoms with Crippen molar-refractivity contribution in [2.45, 2.75) is 20.3 Å². The number of amides is 1. The van der Waals surface area contributed by atoms with Crippen LogP contribution in [0.25, 0.3) is 11.0 Å². The Bertz CT molecular complexity index is 967. The number of carbonyl (C=O) groups is 1. The average molecular weight is 371 g/mol. The highest BCUT2D eigenvalue weighted by Crippen LogP contribution is 2.26. The molecule has 0 atom stereocenters. The molecule has 7 heteroatoms. The van der Waals surface area contributed by atoms with E-state index >= 15 is 0 Å². The van der Waals surface area contributed by atoms with Gasteiger partial charge in [-0.3, -0.25) is 15.6 Å². The Labute approximate surface area is 155 Å². The van der Waals surface area contributed by atoms with Crippen molar-refractivity contribution in [3.05, 3.63) is 65.2 Å². The molecule has 1 amide bonds. The third-order valence-corrected chi connectivity index (χ3v) is 4.31. The van der Waals surface area contributed by atoms with E-state index in [0.29, 0.717) is 5.69 Å². The van der Waals surface area contributed by atoms with Crippen molar-refractivity contribution in [3.8, 4) is 0 Å². The lowest BCUT2D eigenvalue weighted by atomic mass is 10.0. The summed E-state index contributed by atoms with van der Waals surface area (Å²) < 4.78 is 18.5. The molecule has 0 bridgehead atoms. The number of furan rings is 1. The number of fused-ring (bicyclic) bond motifs is 1. The topological polar surface area (TPSA) is 66.3 Å². The summed E-state index contributed by atoms with van der Waals surface area (Å²) in [7, 11) is 0. The monoisotopic (exact) mass is 371 g/mol. The summed E-state index contributed by atoms with van der Waals surface area (Å²) in [4.78, 5) is 12.2. The van der Waals surface area contributed by atoms with Crippen LogP contribution in [0, 0.1) is 19.7 Å². The van der Waals surface area contributed by atoms with Gasteiger partial charge in [0.05, 0.1) is 12.7 Å². The van der Waals surface area contributed by atoms with Gasteiger partial charge in [0.25, 0.3) is 0 Å². The first-order chi connectivity index (χ1) is 12.4. The number of hydrogen-bond acceptors (Lipinski definition) is 3. The maximum atomic E-state index is 12.9. The van der Waals surface area contributed by atoms with Crippen LogP contribution in [-0.2, 0) is 11.2 Å². The number of rotatable bonds is 3. The van der Waals surface area contributed by atoms with E-state index in [2.05, 4.69) is 16.2 Å². The quantitative estimate of drug-likeness (QED) is 0.483. The molecular weight excluding hydrogens is 353 g/mol. The van der Waals surface area contributed by atoms with Crippen molar-refractivity contribution in [1.29, 1.82) is 0 Å². The summed E-state index contributed by atoms with van der Waals surface area (Å²) in [6.45, 7) is 4.01. The maximum Gasteiger partial charge on any atom is 0.242 e. The maximum absolute atomic E-state index is 12.9. The molecule has 0 radical (unpaired) electrons. The van der Waals surface area contributed by atoms with Gasteiger partial charge in [0, 0.05) is 16.6 Å². The van der Waals surface area contributed by atoms with E-state index in [1.807, 2.05) is 26.0 Å². The van der Waals surface area contributed by atoms with Crippen molar-refractivity contribution in [2.24, 2.45) is 0 Å². The number of halogens is 1. The van der Waals surface area contributed by atoms with Gasteiger partial charge in [-0.1, -0.05) is 12.1 Å². The Hall–Kier alpha value is -2.93. The molecule has 1 aromatic heterocycles. The van der Waals surface area contributed by atoms with Crippen molar-refractivity contribution in [3.63, 3.8) is 0 Å². The van der Waals surface area contributed by atoms with E-state index in [1.54, 1.807) is 18.4 Å². The molecule has 0 saturated carbocycles. The minimum absolute atomic E-state index is 0.154. The fourth-order valence-electron chi connectivity index (χ4n) is 2.56. The molecule has 0 aliphatic carbocycles. The predicted octanol–water partition coefficient (Wildman–Crippen LogP) is 3.75. The Morgan fingerprint density at radius 2 is 1.85 bits per heavy atom. The van der Waals surface area contributed by atoms with E-state index < -0.39 is 0 Å². The molecule has 0 spiro atoms. The van der Waals surface area contributed by atoms with Gasteiger partial charge in [0.1, 0.15) is 11.4 Å². The molecule has 0 fully saturated rings. The summed E-state index contributed by atoms with van der Waals surface area (Å²) in [6, 6.07) is 9.70. The zero-order valence-electron chi connectivity index (χ0n) is 14.4. The predicted molar refractivity (Wildman–Crippen MR) is 103 cm³/mol. The Kier molecular flexibility index (Phi) is 5.18. The minimum Gasteiger partial charge on any atom is -0.464 e. The Morgan fingerprint density at radius 3 is 2.58 bits per heavy atom. The molecule has 2 aromatic carbocycles. The van der Waals surface area contributed by atoms with Crippen LogP contribution in [0.2, 0.25) is 0 Å². The first-order valence-electron chi connectivity index (χ1n) is 8.01. The largest absolute Gasteiger partial charge is 0.464 e. The van der Waals surface area contributed by atoms with Crippen LogP contribution >= 0.6 is 12.2 Å². The highest BCUT2D eigenvalue weighted by Gasteiger charge is 2.13. The molecule has 3 rings (SSSR count). The first kappa shape index (κ1) is 17.9. The third kappa shape index (κ3) is 4.00. The van der Waals surface area contributed by atoms with Crippen LogP contribution in [0.5, 0.6) is 0 Å². The third-order valence-electron chi connectivity index (χ3n) is 4.11. The lowest BCUT2D eigenvalue weighted by Gasteiger charge is -2.11. The smallest absolute Gasteiger partial charge is 0.242 e. The van der Waals surface area contributed by atoms with E-state index in [1.165, 1.54) is 12.1 Å². The second kappa shape index (κ2) is 7.53. The summed E-state index contributed by atoms with van der Waals surface area (Å²) in [5.74, 6) is -0.588. The summed E-state index contributed by atoms with van der Waals surface area (Å²) >= 11 is 5.09. The number of hydrogen-bond donors (Lipinski definition) is 3. The second-order valence-corrected chi connectivity index (χ2v) is 6.36. The number of nitrogens with one attached hydrogen (secondary N) is 3. The molecule has 0 aliphatic heterocycles. The van der Waals surface area contributed by atoms with Crippen molar-refractivity contribution < 1.29 is 13.6 Å². The number of anilines is 1. The number of hydrazine groups is 1. The van der Waals surface area contributed by atoms with Crippen LogP contribution in [-0.4, -0.2) is 11.0 Å². The van der Waals surface area contributed by atoms with Crippen molar-refractivity contribution in [1.82, 2.24) is 10.9 Å². The van der Waals surface area contributed by atoms with Crippen LogP contribution in [0.1, 0.15) is 16.7 Å². The minimum atomic E-state index is -0.333. The van der Waals surface area contributed by atoms with Gasteiger partial charge in [-0.25, -0.2) is 4.39 Å². The SMILES string of the molecule is Cc1ccc2c(CC(=O)NNC(=S)Nc3ccc(F)cc3)coc2c1C. The summed E-state index contributed by atoms with van der Waals surface area (Å²) in [5.41, 5.74) is 9.59. The number of aryl methyl sites for hydroxylation is 2. The lowest BCUT2D eigenvalue weighted by molar-refractivity contribution is -0.120.